The number of carbonyl (C=O) groups excluding carboxylic acids is 1. The third-order valence-corrected chi connectivity index (χ3v) is 5.90. The number of amides is 1. The number of carbonyl (C=O) groups is 1. The molecule has 26 heavy (non-hydrogen) atoms. The number of hydrogen-bond acceptors (Lipinski definition) is 6. The van der Waals surface area contributed by atoms with Crippen LogP contribution in [0.4, 0.5) is 0 Å². The first kappa shape index (κ1) is 22.7. The van der Waals surface area contributed by atoms with Crippen LogP contribution in [0, 0.1) is 5.41 Å². The van der Waals surface area contributed by atoms with Gasteiger partial charge < -0.3 is 20.5 Å². The van der Waals surface area contributed by atoms with E-state index in [1.54, 1.807) is 7.11 Å². The molecule has 1 amide bonds. The zero-order chi connectivity index (χ0) is 18.5. The molecule has 1 heterocycles. The normalized spacial score (nSPS) is 16.5. The van der Waals surface area contributed by atoms with Crippen LogP contribution in [0.5, 0.6) is 5.75 Å². The van der Waals surface area contributed by atoms with E-state index >= 15 is 0 Å². The van der Waals surface area contributed by atoms with Crippen molar-refractivity contribution < 1.29 is 22.7 Å². The molecule has 0 aliphatic carbocycles. The number of rotatable bonds is 8. The van der Waals surface area contributed by atoms with Crippen LogP contribution < -0.4 is 20.5 Å². The fourth-order valence-electron chi connectivity index (χ4n) is 3.01. The average molecular weight is 408 g/mol. The number of nitrogens with one attached hydrogen (secondary N) is 2. The first-order valence-corrected chi connectivity index (χ1v) is 9.49. The first-order chi connectivity index (χ1) is 11.8. The van der Waals surface area contributed by atoms with Gasteiger partial charge >= 0.3 is 0 Å². The summed E-state index contributed by atoms with van der Waals surface area (Å²) in [4.78, 5) is 11.5. The lowest BCUT2D eigenvalue weighted by Gasteiger charge is -2.37. The molecule has 1 aromatic carbocycles. The molecule has 1 aliphatic rings. The van der Waals surface area contributed by atoms with E-state index in [0.29, 0.717) is 6.61 Å². The quantitative estimate of drug-likeness (QED) is 0.577. The minimum atomic E-state index is -3.79. The molecule has 0 bridgehead atoms. The zero-order valence-electron chi connectivity index (χ0n) is 14.9. The van der Waals surface area contributed by atoms with Crippen molar-refractivity contribution in [2.45, 2.75) is 17.7 Å². The Morgan fingerprint density at radius 2 is 1.96 bits per heavy atom. The Hall–Kier alpha value is -1.39. The second-order valence-corrected chi connectivity index (χ2v) is 8.00. The van der Waals surface area contributed by atoms with E-state index in [4.69, 9.17) is 15.2 Å². The topological polar surface area (TPSA) is 120 Å². The standard InChI is InChI=1S/C16H25N3O5S.ClH/c1-23-11-16(5-7-18-8-6-16)10-19-25(21,22)12-3-4-14(24-2)13(9-12)15(17)20;/h3-4,9,18-19H,5-8,10-11H2,1-2H3,(H2,17,20);1H. The van der Waals surface area contributed by atoms with Gasteiger partial charge in [-0.15, -0.1) is 12.4 Å². The second kappa shape index (κ2) is 9.52. The number of halogens is 1. The van der Waals surface area contributed by atoms with Crippen LogP contribution in [0.3, 0.4) is 0 Å². The molecule has 1 aliphatic heterocycles. The maximum Gasteiger partial charge on any atom is 0.252 e. The molecule has 4 N–H and O–H groups in total. The fourth-order valence-corrected chi connectivity index (χ4v) is 4.20. The van der Waals surface area contributed by atoms with Crippen molar-refractivity contribution in [1.29, 1.82) is 0 Å². The Balaban J connectivity index is 0.00000338. The van der Waals surface area contributed by atoms with Crippen molar-refractivity contribution in [3.63, 3.8) is 0 Å². The minimum absolute atomic E-state index is 0. The number of primary amides is 1. The highest BCUT2D eigenvalue weighted by Gasteiger charge is 2.33. The number of sulfonamides is 1. The Bertz CT molecular complexity index is 715. The summed E-state index contributed by atoms with van der Waals surface area (Å²) >= 11 is 0. The number of nitrogens with two attached hydrogens (primary N) is 1. The summed E-state index contributed by atoms with van der Waals surface area (Å²) in [6.07, 6.45) is 1.64. The maximum atomic E-state index is 12.6. The molecule has 0 atom stereocenters. The van der Waals surface area contributed by atoms with Crippen molar-refractivity contribution >= 4 is 28.3 Å². The van der Waals surface area contributed by atoms with E-state index in [0.717, 1.165) is 25.9 Å². The summed E-state index contributed by atoms with van der Waals surface area (Å²) in [6.45, 7) is 2.38. The average Bonchev–Trinajstić information content (AvgIpc) is 2.60. The third-order valence-electron chi connectivity index (χ3n) is 4.50. The molecule has 0 radical (unpaired) electrons. The second-order valence-electron chi connectivity index (χ2n) is 6.23. The van der Waals surface area contributed by atoms with Crippen molar-refractivity contribution in [2.24, 2.45) is 11.1 Å². The third kappa shape index (κ3) is 5.31. The number of benzene rings is 1. The lowest BCUT2D eigenvalue weighted by molar-refractivity contribution is 0.0577. The maximum absolute atomic E-state index is 12.6. The van der Waals surface area contributed by atoms with Gasteiger partial charge in [0.25, 0.3) is 5.91 Å². The highest BCUT2D eigenvalue weighted by molar-refractivity contribution is 7.89. The van der Waals surface area contributed by atoms with Crippen LogP contribution in [-0.4, -0.2) is 54.8 Å². The van der Waals surface area contributed by atoms with E-state index in [9.17, 15) is 13.2 Å². The molecule has 0 spiro atoms. The molecular formula is C16H26ClN3O5S. The fraction of sp³-hybridized carbons (Fsp3) is 0.562. The van der Waals surface area contributed by atoms with Crippen LogP contribution in [0.25, 0.3) is 0 Å². The van der Waals surface area contributed by atoms with Gasteiger partial charge in [0.1, 0.15) is 5.75 Å². The monoisotopic (exact) mass is 407 g/mol. The van der Waals surface area contributed by atoms with E-state index in [1.807, 2.05) is 0 Å². The van der Waals surface area contributed by atoms with Crippen LogP contribution in [0.1, 0.15) is 23.2 Å². The molecule has 148 valence electrons. The highest BCUT2D eigenvalue weighted by Crippen LogP contribution is 2.29. The summed E-state index contributed by atoms with van der Waals surface area (Å²) in [5.74, 6) is -0.510. The first-order valence-electron chi connectivity index (χ1n) is 8.01. The van der Waals surface area contributed by atoms with Gasteiger partial charge in [0, 0.05) is 19.1 Å². The van der Waals surface area contributed by atoms with E-state index in [2.05, 4.69) is 10.0 Å². The van der Waals surface area contributed by atoms with Gasteiger partial charge in [-0.05, 0) is 44.1 Å². The minimum Gasteiger partial charge on any atom is -0.496 e. The van der Waals surface area contributed by atoms with Crippen LogP contribution in [0.15, 0.2) is 23.1 Å². The largest absolute Gasteiger partial charge is 0.496 e. The van der Waals surface area contributed by atoms with Crippen molar-refractivity contribution in [2.75, 3.05) is 40.5 Å². The molecule has 1 fully saturated rings. The summed E-state index contributed by atoms with van der Waals surface area (Å²) in [5, 5.41) is 3.26. The molecule has 0 unspecified atom stereocenters. The van der Waals surface area contributed by atoms with Crippen molar-refractivity contribution in [3.8, 4) is 5.75 Å². The van der Waals surface area contributed by atoms with Gasteiger partial charge in [-0.2, -0.15) is 0 Å². The van der Waals surface area contributed by atoms with Crippen LogP contribution in [0.2, 0.25) is 0 Å². The van der Waals surface area contributed by atoms with Crippen LogP contribution >= 0.6 is 12.4 Å². The Labute approximate surface area is 160 Å². The van der Waals surface area contributed by atoms with E-state index in [1.165, 1.54) is 25.3 Å². The Morgan fingerprint density at radius 1 is 1.31 bits per heavy atom. The number of hydrogen-bond donors (Lipinski definition) is 3. The van der Waals surface area contributed by atoms with Gasteiger partial charge in [-0.1, -0.05) is 0 Å². The van der Waals surface area contributed by atoms with Gasteiger partial charge in [-0.3, -0.25) is 4.79 Å². The molecule has 8 nitrogen and oxygen atoms in total. The predicted molar refractivity (Wildman–Crippen MR) is 100 cm³/mol. The number of methoxy groups -OCH3 is 2. The van der Waals surface area contributed by atoms with Gasteiger partial charge in [0.15, 0.2) is 0 Å². The molecular weight excluding hydrogens is 382 g/mol. The molecule has 0 saturated carbocycles. The predicted octanol–water partition coefficient (Wildman–Crippen LogP) is 0.510. The molecule has 0 aromatic heterocycles. The lowest BCUT2D eigenvalue weighted by Crippen LogP contribution is -2.47. The summed E-state index contributed by atoms with van der Waals surface area (Å²) in [7, 11) is -0.786. The lowest BCUT2D eigenvalue weighted by atomic mass is 9.80. The van der Waals surface area contributed by atoms with Crippen molar-refractivity contribution in [1.82, 2.24) is 10.0 Å². The molecule has 1 saturated heterocycles. The smallest absolute Gasteiger partial charge is 0.252 e. The zero-order valence-corrected chi connectivity index (χ0v) is 16.5. The summed E-state index contributed by atoms with van der Waals surface area (Å²) in [5.41, 5.74) is 5.08. The Kier molecular flexibility index (Phi) is 8.29. The van der Waals surface area contributed by atoms with E-state index < -0.39 is 15.9 Å². The van der Waals surface area contributed by atoms with Gasteiger partial charge in [0.2, 0.25) is 10.0 Å². The van der Waals surface area contributed by atoms with Gasteiger partial charge in [-0.25, -0.2) is 13.1 Å². The summed E-state index contributed by atoms with van der Waals surface area (Å²) < 4.78 is 38.3. The SMILES string of the molecule is COCC1(CNS(=O)(=O)c2ccc(OC)c(C(N)=O)c2)CCNCC1.Cl. The molecule has 1 aromatic rings. The van der Waals surface area contributed by atoms with E-state index in [-0.39, 0.29) is 40.6 Å². The van der Waals surface area contributed by atoms with Gasteiger partial charge in [0.05, 0.1) is 24.2 Å². The molecule has 2 rings (SSSR count). The Morgan fingerprint density at radius 3 is 2.50 bits per heavy atom. The number of ether oxygens (including phenoxy) is 2. The van der Waals surface area contributed by atoms with Crippen LogP contribution in [-0.2, 0) is 14.8 Å². The van der Waals surface area contributed by atoms with Crippen molar-refractivity contribution in [3.05, 3.63) is 23.8 Å². The summed E-state index contributed by atoms with van der Waals surface area (Å²) in [6, 6.07) is 4.04. The highest BCUT2D eigenvalue weighted by atomic mass is 35.5. The molecule has 10 heteroatoms. The number of piperidine rings is 1.